The Balaban J connectivity index is 2.70. The summed E-state index contributed by atoms with van der Waals surface area (Å²) in [6.07, 6.45) is 0. The Morgan fingerprint density at radius 3 is 2.87 bits per heavy atom. The van der Waals surface area contributed by atoms with E-state index in [4.69, 9.17) is 16.7 Å². The van der Waals surface area contributed by atoms with E-state index in [1.807, 2.05) is 0 Å². The highest BCUT2D eigenvalue weighted by atomic mass is 35.5. The molecule has 5 heteroatoms. The number of benzene rings is 1. The van der Waals surface area contributed by atoms with Gasteiger partial charge in [-0.2, -0.15) is 0 Å². The zero-order chi connectivity index (χ0) is 11.4. The van der Waals surface area contributed by atoms with Crippen LogP contribution < -0.4 is 5.32 Å². The molecule has 0 atom stereocenters. The molecule has 0 spiro atoms. The molecule has 0 radical (unpaired) electrons. The van der Waals surface area contributed by atoms with E-state index in [1.54, 1.807) is 6.07 Å². The highest BCUT2D eigenvalue weighted by Gasteiger charge is 2.08. The summed E-state index contributed by atoms with van der Waals surface area (Å²) in [5, 5.41) is 11.1. The molecule has 15 heavy (non-hydrogen) atoms. The lowest BCUT2D eigenvalue weighted by atomic mass is 10.2. The number of carboxylic acids is 1. The van der Waals surface area contributed by atoms with E-state index in [9.17, 15) is 9.18 Å². The standard InChI is InChI=1S/C10H9ClFNO2/c1-6(10(14)15)5-13-8-4-2-3-7(11)9(8)12/h2-4,13H,1,5H2,(H,14,15). The third kappa shape index (κ3) is 2.95. The van der Waals surface area contributed by atoms with Gasteiger partial charge in [0.1, 0.15) is 0 Å². The number of anilines is 1. The van der Waals surface area contributed by atoms with Gasteiger partial charge in [-0.05, 0) is 12.1 Å². The zero-order valence-electron chi connectivity index (χ0n) is 7.76. The zero-order valence-corrected chi connectivity index (χ0v) is 8.51. The molecule has 0 fully saturated rings. The minimum absolute atomic E-state index is 0.0130. The van der Waals surface area contributed by atoms with Crippen LogP contribution in [0.1, 0.15) is 0 Å². The number of rotatable bonds is 4. The third-order valence-electron chi connectivity index (χ3n) is 1.75. The Hall–Kier alpha value is -1.55. The smallest absolute Gasteiger partial charge is 0.332 e. The van der Waals surface area contributed by atoms with Crippen LogP contribution in [0.2, 0.25) is 5.02 Å². The second-order valence-electron chi connectivity index (χ2n) is 2.86. The molecule has 0 saturated heterocycles. The quantitative estimate of drug-likeness (QED) is 0.780. The van der Waals surface area contributed by atoms with Crippen molar-refractivity contribution in [3.8, 4) is 0 Å². The Morgan fingerprint density at radius 1 is 1.60 bits per heavy atom. The Bertz CT molecular complexity index is 406. The summed E-state index contributed by atoms with van der Waals surface area (Å²) < 4.78 is 13.3. The molecule has 1 aromatic rings. The van der Waals surface area contributed by atoms with Gasteiger partial charge in [-0.25, -0.2) is 9.18 Å². The van der Waals surface area contributed by atoms with Crippen LogP contribution in [-0.2, 0) is 4.79 Å². The summed E-state index contributed by atoms with van der Waals surface area (Å²) in [5.41, 5.74) is 0.110. The monoisotopic (exact) mass is 229 g/mol. The Labute approximate surface area is 91.2 Å². The summed E-state index contributed by atoms with van der Waals surface area (Å²) in [4.78, 5) is 10.4. The molecule has 0 amide bonds. The number of hydrogen-bond acceptors (Lipinski definition) is 2. The van der Waals surface area contributed by atoms with Gasteiger partial charge in [-0.1, -0.05) is 24.2 Å². The van der Waals surface area contributed by atoms with Crippen molar-refractivity contribution in [2.24, 2.45) is 0 Å². The van der Waals surface area contributed by atoms with Gasteiger partial charge in [0, 0.05) is 12.1 Å². The van der Waals surface area contributed by atoms with Gasteiger partial charge in [0.2, 0.25) is 0 Å². The fraction of sp³-hybridized carbons (Fsp3) is 0.100. The number of carboxylic acid groups (broad SMARTS) is 1. The van der Waals surface area contributed by atoms with Gasteiger partial charge in [0.05, 0.1) is 10.7 Å². The van der Waals surface area contributed by atoms with Gasteiger partial charge < -0.3 is 10.4 Å². The maximum atomic E-state index is 13.3. The lowest BCUT2D eigenvalue weighted by Crippen LogP contribution is -2.12. The molecule has 0 bridgehead atoms. The molecule has 80 valence electrons. The second kappa shape index (κ2) is 4.79. The first-order valence-electron chi connectivity index (χ1n) is 4.11. The maximum absolute atomic E-state index is 13.3. The first kappa shape index (κ1) is 11.5. The predicted molar refractivity (Wildman–Crippen MR) is 56.7 cm³/mol. The lowest BCUT2D eigenvalue weighted by Gasteiger charge is -2.07. The second-order valence-corrected chi connectivity index (χ2v) is 3.27. The number of hydrogen-bond donors (Lipinski definition) is 2. The Morgan fingerprint density at radius 2 is 2.27 bits per heavy atom. The van der Waals surface area contributed by atoms with Crippen LogP contribution in [0.5, 0.6) is 0 Å². The van der Waals surface area contributed by atoms with E-state index in [1.165, 1.54) is 12.1 Å². The van der Waals surface area contributed by atoms with E-state index < -0.39 is 11.8 Å². The van der Waals surface area contributed by atoms with E-state index in [0.29, 0.717) is 0 Å². The van der Waals surface area contributed by atoms with Crippen molar-refractivity contribution in [3.05, 3.63) is 41.2 Å². The first-order valence-corrected chi connectivity index (χ1v) is 4.49. The number of carbonyl (C=O) groups is 1. The van der Waals surface area contributed by atoms with E-state index in [2.05, 4.69) is 11.9 Å². The summed E-state index contributed by atoms with van der Waals surface area (Å²) in [6.45, 7) is 3.27. The maximum Gasteiger partial charge on any atom is 0.332 e. The van der Waals surface area contributed by atoms with E-state index in [0.717, 1.165) is 0 Å². The van der Waals surface area contributed by atoms with Crippen molar-refractivity contribution >= 4 is 23.3 Å². The summed E-state index contributed by atoms with van der Waals surface area (Å²) in [6, 6.07) is 4.45. The molecule has 0 heterocycles. The fourth-order valence-corrected chi connectivity index (χ4v) is 1.09. The highest BCUT2D eigenvalue weighted by Crippen LogP contribution is 2.21. The SMILES string of the molecule is C=C(CNc1cccc(Cl)c1F)C(=O)O. The predicted octanol–water partition coefficient (Wildman–Crippen LogP) is 2.53. The molecule has 0 aromatic heterocycles. The minimum Gasteiger partial charge on any atom is -0.478 e. The molecular formula is C10H9ClFNO2. The van der Waals surface area contributed by atoms with Crippen molar-refractivity contribution < 1.29 is 14.3 Å². The van der Waals surface area contributed by atoms with Crippen molar-refractivity contribution in [2.75, 3.05) is 11.9 Å². The average Bonchev–Trinajstić information content (AvgIpc) is 2.19. The average molecular weight is 230 g/mol. The van der Waals surface area contributed by atoms with Gasteiger partial charge in [0.25, 0.3) is 0 Å². The minimum atomic E-state index is -1.12. The number of halogens is 2. The van der Waals surface area contributed by atoms with Gasteiger partial charge >= 0.3 is 5.97 Å². The lowest BCUT2D eigenvalue weighted by molar-refractivity contribution is -0.132. The molecule has 3 nitrogen and oxygen atoms in total. The topological polar surface area (TPSA) is 49.3 Å². The molecule has 0 aliphatic carbocycles. The fourth-order valence-electron chi connectivity index (χ4n) is 0.918. The number of aliphatic carboxylic acids is 1. The van der Waals surface area contributed by atoms with Crippen LogP contribution in [-0.4, -0.2) is 17.6 Å². The van der Waals surface area contributed by atoms with Crippen molar-refractivity contribution in [1.82, 2.24) is 0 Å². The molecule has 0 unspecified atom stereocenters. The normalized spacial score (nSPS) is 9.73. The van der Waals surface area contributed by atoms with Crippen LogP contribution in [0.25, 0.3) is 0 Å². The Kier molecular flexibility index (Phi) is 3.68. The molecule has 1 aromatic carbocycles. The molecular weight excluding hydrogens is 221 g/mol. The van der Waals surface area contributed by atoms with Crippen molar-refractivity contribution in [1.29, 1.82) is 0 Å². The largest absolute Gasteiger partial charge is 0.478 e. The summed E-state index contributed by atoms with van der Waals surface area (Å²) >= 11 is 5.54. The third-order valence-corrected chi connectivity index (χ3v) is 2.04. The van der Waals surface area contributed by atoms with Crippen LogP contribution in [0, 0.1) is 5.82 Å². The number of nitrogens with one attached hydrogen (secondary N) is 1. The molecule has 0 aliphatic rings. The summed E-state index contributed by atoms with van der Waals surface area (Å²) in [7, 11) is 0. The van der Waals surface area contributed by atoms with Crippen LogP contribution in [0.4, 0.5) is 10.1 Å². The van der Waals surface area contributed by atoms with Crippen LogP contribution in [0.15, 0.2) is 30.4 Å². The van der Waals surface area contributed by atoms with Crippen molar-refractivity contribution in [3.63, 3.8) is 0 Å². The van der Waals surface area contributed by atoms with E-state index in [-0.39, 0.29) is 22.8 Å². The van der Waals surface area contributed by atoms with Gasteiger partial charge in [-0.15, -0.1) is 0 Å². The molecule has 0 saturated carbocycles. The van der Waals surface area contributed by atoms with Crippen LogP contribution >= 0.6 is 11.6 Å². The molecule has 2 N–H and O–H groups in total. The highest BCUT2D eigenvalue weighted by molar-refractivity contribution is 6.31. The van der Waals surface area contributed by atoms with Gasteiger partial charge in [0.15, 0.2) is 5.82 Å². The van der Waals surface area contributed by atoms with Crippen molar-refractivity contribution in [2.45, 2.75) is 0 Å². The van der Waals surface area contributed by atoms with Crippen LogP contribution in [0.3, 0.4) is 0 Å². The molecule has 1 rings (SSSR count). The summed E-state index contributed by atoms with van der Waals surface area (Å²) in [5.74, 6) is -1.72. The van der Waals surface area contributed by atoms with E-state index >= 15 is 0 Å². The first-order chi connectivity index (χ1) is 7.02. The molecule has 0 aliphatic heterocycles. The van der Waals surface area contributed by atoms with Gasteiger partial charge in [-0.3, -0.25) is 0 Å².